The van der Waals surface area contributed by atoms with Crippen LogP contribution in [0.2, 0.25) is 5.02 Å². The van der Waals surface area contributed by atoms with Gasteiger partial charge in [0, 0.05) is 26.6 Å². The number of fused-ring (bicyclic) bond motifs is 1. The minimum Gasteiger partial charge on any atom is -0.490 e. The predicted molar refractivity (Wildman–Crippen MR) is 143 cm³/mol. The van der Waals surface area contributed by atoms with Gasteiger partial charge in [-0.25, -0.2) is 9.97 Å². The van der Waals surface area contributed by atoms with Crippen LogP contribution in [0.1, 0.15) is 18.3 Å². The van der Waals surface area contributed by atoms with E-state index in [-0.39, 0.29) is 33.6 Å². The van der Waals surface area contributed by atoms with Crippen molar-refractivity contribution < 1.29 is 14.4 Å². The van der Waals surface area contributed by atoms with Crippen LogP contribution in [0.5, 0.6) is 17.4 Å². The summed E-state index contributed by atoms with van der Waals surface area (Å²) in [6.07, 6.45) is 2.53. The van der Waals surface area contributed by atoms with Crippen molar-refractivity contribution >= 4 is 66.3 Å². The molecule has 0 aliphatic heterocycles. The topological polar surface area (TPSA) is 122 Å². The number of benzene rings is 2. The molecule has 13 heteroatoms. The Morgan fingerprint density at radius 3 is 2.69 bits per heavy atom. The van der Waals surface area contributed by atoms with Crippen LogP contribution in [0.15, 0.2) is 61.4 Å². The largest absolute Gasteiger partial charge is 0.490 e. The van der Waals surface area contributed by atoms with Gasteiger partial charge in [0.15, 0.2) is 11.5 Å². The highest BCUT2D eigenvalue weighted by Gasteiger charge is 2.19. The third-order valence-corrected chi connectivity index (χ3v) is 6.81. The Balaban J connectivity index is 1.74. The third-order valence-electron chi connectivity index (χ3n) is 4.88. The van der Waals surface area contributed by atoms with Crippen molar-refractivity contribution in [1.82, 2.24) is 14.6 Å². The molecule has 0 saturated heterocycles. The van der Waals surface area contributed by atoms with E-state index in [2.05, 4.69) is 46.9 Å². The number of hydrogen-bond acceptors (Lipinski definition) is 8. The molecule has 0 aliphatic rings. The van der Waals surface area contributed by atoms with Gasteiger partial charge in [0.1, 0.15) is 17.0 Å². The van der Waals surface area contributed by atoms with Gasteiger partial charge in [0.2, 0.25) is 5.88 Å². The van der Waals surface area contributed by atoms with Crippen molar-refractivity contribution in [2.45, 2.75) is 13.8 Å². The Hall–Kier alpha value is -3.35. The van der Waals surface area contributed by atoms with Gasteiger partial charge in [-0.2, -0.15) is 9.78 Å². The Labute approximate surface area is 226 Å². The quantitative estimate of drug-likeness (QED) is 0.133. The van der Waals surface area contributed by atoms with E-state index in [1.54, 1.807) is 32.0 Å². The molecule has 0 radical (unpaired) electrons. The number of pyridine rings is 1. The summed E-state index contributed by atoms with van der Waals surface area (Å²) in [5, 5.41) is 15.8. The summed E-state index contributed by atoms with van der Waals surface area (Å²) >= 11 is 13.4. The molecule has 0 N–H and O–H groups in total. The first-order valence-electron chi connectivity index (χ1n) is 10.4. The summed E-state index contributed by atoms with van der Waals surface area (Å²) in [6, 6.07) is 9.51. The van der Waals surface area contributed by atoms with Gasteiger partial charge in [0.25, 0.3) is 11.2 Å². The van der Waals surface area contributed by atoms with Gasteiger partial charge in [-0.15, -0.1) is 0 Å². The fraction of sp³-hybridized carbons (Fsp3) is 0.130. The van der Waals surface area contributed by atoms with Crippen LogP contribution in [-0.2, 0) is 0 Å². The van der Waals surface area contributed by atoms with Crippen LogP contribution in [0.25, 0.3) is 10.9 Å². The number of aryl methyl sites for hydroxylation is 1. The molecule has 0 atom stereocenters. The summed E-state index contributed by atoms with van der Waals surface area (Å²) in [4.78, 5) is 31.7. The molecule has 36 heavy (non-hydrogen) atoms. The molecular weight excluding hydrogens is 622 g/mol. The van der Waals surface area contributed by atoms with Crippen molar-refractivity contribution in [3.05, 3.63) is 88.4 Å². The van der Waals surface area contributed by atoms with Crippen LogP contribution in [0.3, 0.4) is 0 Å². The molecular formula is C23H16Br2ClN5O5. The van der Waals surface area contributed by atoms with Crippen LogP contribution in [0, 0.1) is 17.0 Å². The van der Waals surface area contributed by atoms with Gasteiger partial charge in [-0.3, -0.25) is 14.9 Å². The molecule has 0 bridgehead atoms. The number of ether oxygens (including phenoxy) is 2. The van der Waals surface area contributed by atoms with Crippen molar-refractivity contribution in [2.75, 3.05) is 6.61 Å². The maximum atomic E-state index is 13.0. The molecule has 0 spiro atoms. The number of nitro groups is 1. The molecule has 0 unspecified atom stereocenters. The number of aromatic nitrogens is 3. The molecule has 184 valence electrons. The molecule has 2 aromatic carbocycles. The molecule has 0 fully saturated rings. The maximum absolute atomic E-state index is 13.0. The molecule has 4 rings (SSSR count). The minimum atomic E-state index is -0.559. The van der Waals surface area contributed by atoms with E-state index >= 15 is 0 Å². The summed E-state index contributed by atoms with van der Waals surface area (Å²) in [6.45, 7) is 3.78. The van der Waals surface area contributed by atoms with Crippen LogP contribution < -0.4 is 15.0 Å². The normalized spacial score (nSPS) is 11.2. The lowest BCUT2D eigenvalue weighted by Crippen LogP contribution is -2.20. The molecule has 0 aliphatic carbocycles. The van der Waals surface area contributed by atoms with Crippen molar-refractivity contribution in [3.63, 3.8) is 0 Å². The number of halogens is 3. The fourth-order valence-corrected chi connectivity index (χ4v) is 4.22. The van der Waals surface area contributed by atoms with E-state index in [4.69, 9.17) is 21.1 Å². The lowest BCUT2D eigenvalue weighted by molar-refractivity contribution is -0.385. The molecule has 4 aromatic rings. The Morgan fingerprint density at radius 2 is 2.03 bits per heavy atom. The van der Waals surface area contributed by atoms with Gasteiger partial charge < -0.3 is 9.47 Å². The molecule has 10 nitrogen and oxygen atoms in total. The second-order valence-electron chi connectivity index (χ2n) is 7.25. The van der Waals surface area contributed by atoms with Crippen molar-refractivity contribution in [2.24, 2.45) is 5.10 Å². The Morgan fingerprint density at radius 1 is 1.25 bits per heavy atom. The lowest BCUT2D eigenvalue weighted by Gasteiger charge is -2.15. The second kappa shape index (κ2) is 10.7. The van der Waals surface area contributed by atoms with Gasteiger partial charge >= 0.3 is 0 Å². The number of rotatable bonds is 7. The van der Waals surface area contributed by atoms with Gasteiger partial charge in [-0.1, -0.05) is 27.5 Å². The highest BCUT2D eigenvalue weighted by atomic mass is 79.9. The zero-order valence-electron chi connectivity index (χ0n) is 18.7. The molecule has 2 heterocycles. The van der Waals surface area contributed by atoms with Crippen molar-refractivity contribution in [3.8, 4) is 17.4 Å². The van der Waals surface area contributed by atoms with E-state index < -0.39 is 4.92 Å². The van der Waals surface area contributed by atoms with Gasteiger partial charge in [0.05, 0.1) is 28.6 Å². The molecule has 0 saturated carbocycles. The first-order valence-corrected chi connectivity index (χ1v) is 12.3. The minimum absolute atomic E-state index is 0.0901. The highest BCUT2D eigenvalue weighted by Crippen LogP contribution is 2.44. The van der Waals surface area contributed by atoms with E-state index in [1.165, 1.54) is 23.0 Å². The summed E-state index contributed by atoms with van der Waals surface area (Å²) in [7, 11) is 0. The standard InChI is InChI=1S/C23H16Br2ClN5O5/c1-3-35-18-8-13(10-28-30-12(2)29-17-6-4-14(24)9-16(17)23(30)32)20(25)21(26)22(18)36-19-7-5-15(11-27-19)31(33)34/h4-11H,3H2,1-2H3. The van der Waals surface area contributed by atoms with Crippen LogP contribution in [0.4, 0.5) is 5.69 Å². The van der Waals surface area contributed by atoms with Crippen molar-refractivity contribution in [1.29, 1.82) is 0 Å². The zero-order chi connectivity index (χ0) is 26.0. The second-order valence-corrected chi connectivity index (χ2v) is 9.34. The summed E-state index contributed by atoms with van der Waals surface area (Å²) in [5.41, 5.74) is 0.572. The average Bonchev–Trinajstić information content (AvgIpc) is 2.85. The monoisotopic (exact) mass is 635 g/mol. The first-order chi connectivity index (χ1) is 17.2. The number of hydrogen-bond donors (Lipinski definition) is 0. The highest BCUT2D eigenvalue weighted by molar-refractivity contribution is 9.10. The Bertz CT molecular complexity index is 1570. The van der Waals surface area contributed by atoms with Gasteiger partial charge in [-0.05, 0) is 54.0 Å². The first kappa shape index (κ1) is 25.7. The third kappa shape index (κ3) is 5.25. The van der Waals surface area contributed by atoms with E-state index in [9.17, 15) is 14.9 Å². The summed E-state index contributed by atoms with van der Waals surface area (Å²) < 4.78 is 13.9. The summed E-state index contributed by atoms with van der Waals surface area (Å²) in [5.74, 6) is 0.946. The van der Waals surface area contributed by atoms with Crippen LogP contribution in [-0.4, -0.2) is 32.4 Å². The molecule has 2 aromatic heterocycles. The Kier molecular flexibility index (Phi) is 7.67. The van der Waals surface area contributed by atoms with E-state index in [0.717, 1.165) is 10.7 Å². The number of nitrogens with zero attached hydrogens (tertiary/aromatic N) is 5. The lowest BCUT2D eigenvalue weighted by atomic mass is 10.2. The SMILES string of the molecule is CCOc1cc(C=Nn2c(C)nc3ccc(Br)cc3c2=O)c(Br)c(Cl)c1Oc1ccc([N+](=O)[O-])cn1. The predicted octanol–water partition coefficient (Wildman–Crippen LogP) is 6.26. The zero-order valence-corrected chi connectivity index (χ0v) is 22.7. The van der Waals surface area contributed by atoms with E-state index in [1.807, 2.05) is 6.07 Å². The van der Waals surface area contributed by atoms with E-state index in [0.29, 0.717) is 33.4 Å². The van der Waals surface area contributed by atoms with Crippen LogP contribution >= 0.6 is 43.5 Å². The maximum Gasteiger partial charge on any atom is 0.287 e. The average molecular weight is 638 g/mol. The smallest absolute Gasteiger partial charge is 0.287 e. The fourth-order valence-electron chi connectivity index (χ4n) is 3.22. The molecule has 0 amide bonds.